The van der Waals surface area contributed by atoms with Gasteiger partial charge in [0, 0.05) is 0 Å². The van der Waals surface area contributed by atoms with Crippen LogP contribution in [0.1, 0.15) is 38.2 Å². The SMILES string of the molecule is CCCCC(NC(=O)OCc1ccccc1)C(=O)NC1CCOC1O. The van der Waals surface area contributed by atoms with E-state index < -0.39 is 24.5 Å². The number of rotatable bonds is 8. The van der Waals surface area contributed by atoms with E-state index in [4.69, 9.17) is 9.47 Å². The lowest BCUT2D eigenvalue weighted by Crippen LogP contribution is -2.51. The van der Waals surface area contributed by atoms with E-state index in [1.165, 1.54) is 0 Å². The number of amides is 2. The maximum Gasteiger partial charge on any atom is 0.408 e. The summed E-state index contributed by atoms with van der Waals surface area (Å²) in [5, 5.41) is 15.0. The first-order valence-corrected chi connectivity index (χ1v) is 8.67. The van der Waals surface area contributed by atoms with Gasteiger partial charge in [0.1, 0.15) is 12.6 Å². The molecular formula is C18H26N2O5. The molecule has 1 aromatic carbocycles. The van der Waals surface area contributed by atoms with Crippen molar-refractivity contribution in [3.8, 4) is 0 Å². The maximum absolute atomic E-state index is 12.4. The molecule has 7 heteroatoms. The Labute approximate surface area is 147 Å². The predicted molar refractivity (Wildman–Crippen MR) is 91.6 cm³/mol. The van der Waals surface area contributed by atoms with Crippen molar-refractivity contribution in [1.82, 2.24) is 10.6 Å². The summed E-state index contributed by atoms with van der Waals surface area (Å²) in [6, 6.07) is 8.18. The summed E-state index contributed by atoms with van der Waals surface area (Å²) in [7, 11) is 0. The second-order valence-electron chi connectivity index (χ2n) is 6.07. The number of nitrogens with one attached hydrogen (secondary N) is 2. The summed E-state index contributed by atoms with van der Waals surface area (Å²) in [5.41, 5.74) is 0.874. The predicted octanol–water partition coefficient (Wildman–Crippen LogP) is 1.70. The number of benzene rings is 1. The number of unbranched alkanes of at least 4 members (excludes halogenated alkanes) is 1. The van der Waals surface area contributed by atoms with E-state index in [1.807, 2.05) is 37.3 Å². The van der Waals surface area contributed by atoms with Gasteiger partial charge in [-0.15, -0.1) is 0 Å². The number of carbonyl (C=O) groups excluding carboxylic acids is 2. The fraction of sp³-hybridized carbons (Fsp3) is 0.556. The van der Waals surface area contributed by atoms with Gasteiger partial charge in [-0.1, -0.05) is 50.1 Å². The average Bonchev–Trinajstić information content (AvgIpc) is 3.02. The van der Waals surface area contributed by atoms with Crippen molar-refractivity contribution in [3.05, 3.63) is 35.9 Å². The van der Waals surface area contributed by atoms with Gasteiger partial charge in [-0.3, -0.25) is 4.79 Å². The van der Waals surface area contributed by atoms with Crippen molar-refractivity contribution >= 4 is 12.0 Å². The smallest absolute Gasteiger partial charge is 0.408 e. The Bertz CT molecular complexity index is 552. The molecular weight excluding hydrogens is 324 g/mol. The molecule has 1 aliphatic rings. The molecule has 0 saturated carbocycles. The first kappa shape index (κ1) is 19.2. The van der Waals surface area contributed by atoms with Gasteiger partial charge >= 0.3 is 6.09 Å². The maximum atomic E-state index is 12.4. The van der Waals surface area contributed by atoms with Gasteiger partial charge in [0.05, 0.1) is 12.6 Å². The molecule has 3 N–H and O–H groups in total. The van der Waals surface area contributed by atoms with Crippen molar-refractivity contribution in [1.29, 1.82) is 0 Å². The zero-order valence-corrected chi connectivity index (χ0v) is 14.4. The van der Waals surface area contributed by atoms with E-state index in [9.17, 15) is 14.7 Å². The van der Waals surface area contributed by atoms with Crippen LogP contribution in [0.25, 0.3) is 0 Å². The standard InChI is InChI=1S/C18H26N2O5/c1-2-3-9-14(16(21)19-15-10-11-24-17(15)22)20-18(23)25-12-13-7-5-4-6-8-13/h4-8,14-15,17,22H,2-3,9-12H2,1H3,(H,19,21)(H,20,23). The van der Waals surface area contributed by atoms with Crippen LogP contribution >= 0.6 is 0 Å². The highest BCUT2D eigenvalue weighted by molar-refractivity contribution is 5.85. The van der Waals surface area contributed by atoms with Crippen LogP contribution in [0, 0.1) is 0 Å². The Hall–Kier alpha value is -2.12. The molecule has 2 amide bonds. The van der Waals surface area contributed by atoms with E-state index in [0.717, 1.165) is 18.4 Å². The molecule has 0 radical (unpaired) electrons. The highest BCUT2D eigenvalue weighted by atomic mass is 16.6. The van der Waals surface area contributed by atoms with E-state index in [1.54, 1.807) is 0 Å². The molecule has 1 fully saturated rings. The zero-order chi connectivity index (χ0) is 18.1. The first-order valence-electron chi connectivity index (χ1n) is 8.67. The number of aliphatic hydroxyl groups is 1. The Morgan fingerprint density at radius 2 is 2.12 bits per heavy atom. The van der Waals surface area contributed by atoms with Crippen LogP contribution in [0.4, 0.5) is 4.79 Å². The summed E-state index contributed by atoms with van der Waals surface area (Å²) in [5.74, 6) is -0.334. The average molecular weight is 350 g/mol. The van der Waals surface area contributed by atoms with Crippen molar-refractivity contribution in [2.75, 3.05) is 6.61 Å². The minimum Gasteiger partial charge on any atom is -0.445 e. The largest absolute Gasteiger partial charge is 0.445 e. The monoisotopic (exact) mass is 350 g/mol. The topological polar surface area (TPSA) is 96.9 Å². The Morgan fingerprint density at radius 1 is 1.36 bits per heavy atom. The Morgan fingerprint density at radius 3 is 2.76 bits per heavy atom. The Kier molecular flexibility index (Phi) is 7.69. The summed E-state index contributed by atoms with van der Waals surface area (Å²) >= 11 is 0. The molecule has 0 aliphatic carbocycles. The molecule has 1 saturated heterocycles. The molecule has 0 spiro atoms. The lowest BCUT2D eigenvalue weighted by molar-refractivity contribution is -0.127. The second-order valence-corrected chi connectivity index (χ2v) is 6.07. The molecule has 3 atom stereocenters. The van der Waals surface area contributed by atoms with Gasteiger partial charge in [-0.25, -0.2) is 4.79 Å². The first-order chi connectivity index (χ1) is 12.1. The van der Waals surface area contributed by atoms with Gasteiger partial charge in [0.2, 0.25) is 5.91 Å². The van der Waals surface area contributed by atoms with Crippen molar-refractivity contribution in [3.63, 3.8) is 0 Å². The number of hydrogen-bond acceptors (Lipinski definition) is 5. The van der Waals surface area contributed by atoms with Crippen LogP contribution in [-0.4, -0.2) is 42.1 Å². The minimum atomic E-state index is -0.999. The summed E-state index contributed by atoms with van der Waals surface area (Å²) in [6.07, 6.45) is 1.11. The van der Waals surface area contributed by atoms with Crippen molar-refractivity contribution < 1.29 is 24.2 Å². The fourth-order valence-electron chi connectivity index (χ4n) is 2.59. The Balaban J connectivity index is 1.85. The van der Waals surface area contributed by atoms with Gasteiger partial charge < -0.3 is 25.2 Å². The van der Waals surface area contributed by atoms with Crippen LogP contribution in [0.3, 0.4) is 0 Å². The zero-order valence-electron chi connectivity index (χ0n) is 14.4. The number of carbonyl (C=O) groups is 2. The van der Waals surface area contributed by atoms with E-state index in [-0.39, 0.29) is 12.5 Å². The molecule has 2 rings (SSSR count). The van der Waals surface area contributed by atoms with Gasteiger partial charge in [-0.2, -0.15) is 0 Å². The van der Waals surface area contributed by atoms with E-state index in [0.29, 0.717) is 19.4 Å². The van der Waals surface area contributed by atoms with E-state index >= 15 is 0 Å². The number of ether oxygens (including phenoxy) is 2. The van der Waals surface area contributed by atoms with Crippen molar-refractivity contribution in [2.24, 2.45) is 0 Å². The van der Waals surface area contributed by atoms with Gasteiger partial charge in [-0.05, 0) is 18.4 Å². The van der Waals surface area contributed by atoms with Crippen LogP contribution in [0.5, 0.6) is 0 Å². The van der Waals surface area contributed by atoms with Gasteiger partial charge in [0.25, 0.3) is 0 Å². The lowest BCUT2D eigenvalue weighted by Gasteiger charge is -2.21. The van der Waals surface area contributed by atoms with Gasteiger partial charge in [0.15, 0.2) is 6.29 Å². The third-order valence-corrected chi connectivity index (χ3v) is 4.06. The summed E-state index contributed by atoms with van der Waals surface area (Å²) in [4.78, 5) is 24.4. The van der Waals surface area contributed by atoms with Crippen LogP contribution in [0.15, 0.2) is 30.3 Å². The molecule has 1 aliphatic heterocycles. The highest BCUT2D eigenvalue weighted by Crippen LogP contribution is 2.12. The third kappa shape index (κ3) is 6.36. The molecule has 7 nitrogen and oxygen atoms in total. The minimum absolute atomic E-state index is 0.143. The van der Waals surface area contributed by atoms with Crippen LogP contribution < -0.4 is 10.6 Å². The number of alkyl carbamates (subject to hydrolysis) is 1. The second kappa shape index (κ2) is 10.0. The number of aliphatic hydroxyl groups excluding tert-OH is 1. The summed E-state index contributed by atoms with van der Waals surface area (Å²) < 4.78 is 10.2. The normalized spacial score (nSPS) is 20.7. The van der Waals surface area contributed by atoms with Crippen LogP contribution in [-0.2, 0) is 20.9 Å². The highest BCUT2D eigenvalue weighted by Gasteiger charge is 2.30. The molecule has 1 aromatic rings. The molecule has 0 aromatic heterocycles. The molecule has 1 heterocycles. The summed E-state index contributed by atoms with van der Waals surface area (Å²) in [6.45, 7) is 2.56. The molecule has 3 unspecified atom stereocenters. The van der Waals surface area contributed by atoms with Crippen LogP contribution in [0.2, 0.25) is 0 Å². The molecule has 0 bridgehead atoms. The van der Waals surface area contributed by atoms with Crippen molar-refractivity contribution in [2.45, 2.75) is 57.6 Å². The third-order valence-electron chi connectivity index (χ3n) is 4.06. The fourth-order valence-corrected chi connectivity index (χ4v) is 2.59. The molecule has 138 valence electrons. The van der Waals surface area contributed by atoms with E-state index in [2.05, 4.69) is 10.6 Å². The quantitative estimate of drug-likeness (QED) is 0.663. The lowest BCUT2D eigenvalue weighted by atomic mass is 10.1. The molecule has 25 heavy (non-hydrogen) atoms. The number of hydrogen-bond donors (Lipinski definition) is 3.